The lowest BCUT2D eigenvalue weighted by molar-refractivity contribution is 0.100. The van der Waals surface area contributed by atoms with Crippen LogP contribution >= 0.6 is 11.6 Å². The van der Waals surface area contributed by atoms with E-state index in [1.165, 1.54) is 0 Å². The molecule has 0 spiro atoms. The van der Waals surface area contributed by atoms with Crippen molar-refractivity contribution in [3.05, 3.63) is 64.8 Å². The van der Waals surface area contributed by atoms with Gasteiger partial charge in [0.25, 0.3) is 5.91 Å². The van der Waals surface area contributed by atoms with Gasteiger partial charge < -0.3 is 15.6 Å². The Morgan fingerprint density at radius 2 is 2.08 bits per heavy atom. The minimum Gasteiger partial charge on any atom is -0.372 e. The van der Waals surface area contributed by atoms with Gasteiger partial charge in [-0.25, -0.2) is 0 Å². The molecule has 0 fully saturated rings. The molecular formula is C19H17ClN4O. The molecule has 1 amide bonds. The van der Waals surface area contributed by atoms with Gasteiger partial charge in [-0.2, -0.15) is 0 Å². The molecule has 5 nitrogen and oxygen atoms in total. The third-order valence-corrected chi connectivity index (χ3v) is 4.70. The maximum atomic E-state index is 11.8. The van der Waals surface area contributed by atoms with Crippen LogP contribution in [0, 0.1) is 0 Å². The molecule has 6 heteroatoms. The first-order chi connectivity index (χ1) is 12.1. The molecule has 0 saturated heterocycles. The zero-order chi connectivity index (χ0) is 17.4. The Hall–Kier alpha value is -2.79. The average molecular weight is 353 g/mol. The topological polar surface area (TPSA) is 72.4 Å². The third kappa shape index (κ3) is 2.76. The number of para-hydroxylation sites is 1. The van der Waals surface area contributed by atoms with Gasteiger partial charge in [-0.1, -0.05) is 29.8 Å². The van der Waals surface area contributed by atoms with E-state index in [1.54, 1.807) is 12.1 Å². The monoisotopic (exact) mass is 352 g/mol. The summed E-state index contributed by atoms with van der Waals surface area (Å²) in [7, 11) is 0. The van der Waals surface area contributed by atoms with Gasteiger partial charge in [-0.3, -0.25) is 9.79 Å². The molecule has 1 aromatic heterocycles. The second-order valence-corrected chi connectivity index (χ2v) is 6.38. The van der Waals surface area contributed by atoms with E-state index in [0.29, 0.717) is 17.0 Å². The van der Waals surface area contributed by atoms with Gasteiger partial charge in [0, 0.05) is 24.5 Å². The zero-order valence-electron chi connectivity index (χ0n) is 13.5. The number of amidine groups is 1. The smallest absolute Gasteiger partial charge is 0.250 e. The van der Waals surface area contributed by atoms with Crippen LogP contribution in [0.25, 0.3) is 16.6 Å². The van der Waals surface area contributed by atoms with Gasteiger partial charge in [-0.05, 0) is 29.8 Å². The van der Waals surface area contributed by atoms with Crippen molar-refractivity contribution in [2.24, 2.45) is 10.7 Å². The molecule has 3 aromatic rings. The Morgan fingerprint density at radius 3 is 2.84 bits per heavy atom. The third-order valence-electron chi connectivity index (χ3n) is 4.39. The second-order valence-electron chi connectivity index (χ2n) is 5.97. The lowest BCUT2D eigenvalue weighted by Crippen LogP contribution is -2.20. The maximum absolute atomic E-state index is 11.8. The molecule has 0 unspecified atom stereocenters. The normalized spacial score (nSPS) is 13.7. The van der Waals surface area contributed by atoms with Gasteiger partial charge in [0.1, 0.15) is 5.84 Å². The molecule has 0 radical (unpaired) electrons. The highest BCUT2D eigenvalue weighted by atomic mass is 35.5. The van der Waals surface area contributed by atoms with Crippen molar-refractivity contribution in [3.63, 3.8) is 0 Å². The van der Waals surface area contributed by atoms with Crippen LogP contribution in [-0.4, -0.2) is 29.4 Å². The number of benzene rings is 2. The molecular weight excluding hydrogens is 336 g/mol. The minimum absolute atomic E-state index is 0.456. The number of amides is 1. The molecule has 126 valence electrons. The van der Waals surface area contributed by atoms with Crippen LogP contribution in [0.15, 0.2) is 53.7 Å². The highest BCUT2D eigenvalue weighted by molar-refractivity contribution is 6.35. The summed E-state index contributed by atoms with van der Waals surface area (Å²) in [5.74, 6) is 0.505. The number of nitrogens with two attached hydrogens (primary N) is 1. The number of nitrogens with zero attached hydrogens (tertiary/aromatic N) is 2. The minimum atomic E-state index is -0.456. The summed E-state index contributed by atoms with van der Waals surface area (Å²) in [5, 5.41) is 4.95. The molecule has 2 heterocycles. The standard InChI is InChI=1S/C19H17ClN4O/c20-14-5-3-7-16-18(14)12(10-17-22-8-9-23-17)11-24(16)15-6-2-1-4-13(15)19(21)25/h1-7,11H,8-10H2,(H2,21,25)(H,22,23). The maximum Gasteiger partial charge on any atom is 0.250 e. The summed E-state index contributed by atoms with van der Waals surface area (Å²) >= 11 is 6.49. The summed E-state index contributed by atoms with van der Waals surface area (Å²) in [6.07, 6.45) is 2.69. The van der Waals surface area contributed by atoms with Gasteiger partial charge in [0.05, 0.1) is 28.3 Å². The van der Waals surface area contributed by atoms with Crippen molar-refractivity contribution < 1.29 is 4.79 Å². The van der Waals surface area contributed by atoms with E-state index in [0.717, 1.165) is 41.1 Å². The van der Waals surface area contributed by atoms with E-state index in [1.807, 2.05) is 41.1 Å². The Labute approximate surface area is 150 Å². The molecule has 0 bridgehead atoms. The van der Waals surface area contributed by atoms with Crippen molar-refractivity contribution in [1.82, 2.24) is 9.88 Å². The highest BCUT2D eigenvalue weighted by Gasteiger charge is 2.18. The van der Waals surface area contributed by atoms with Crippen LogP contribution in [0.5, 0.6) is 0 Å². The van der Waals surface area contributed by atoms with Crippen LogP contribution in [0.4, 0.5) is 0 Å². The lowest BCUT2D eigenvalue weighted by Gasteiger charge is -2.09. The Balaban J connectivity index is 1.94. The van der Waals surface area contributed by atoms with E-state index in [4.69, 9.17) is 17.3 Å². The van der Waals surface area contributed by atoms with Crippen LogP contribution in [0.1, 0.15) is 15.9 Å². The van der Waals surface area contributed by atoms with E-state index in [2.05, 4.69) is 10.3 Å². The molecule has 4 rings (SSSR count). The molecule has 3 N–H and O–H groups in total. The first kappa shape index (κ1) is 15.7. The van der Waals surface area contributed by atoms with Crippen molar-refractivity contribution in [1.29, 1.82) is 0 Å². The Morgan fingerprint density at radius 1 is 1.24 bits per heavy atom. The molecule has 25 heavy (non-hydrogen) atoms. The van der Waals surface area contributed by atoms with Crippen molar-refractivity contribution in [2.45, 2.75) is 6.42 Å². The number of carbonyl (C=O) groups excluding carboxylic acids is 1. The Kier molecular flexibility index (Phi) is 3.93. The summed E-state index contributed by atoms with van der Waals surface area (Å²) in [4.78, 5) is 16.3. The summed E-state index contributed by atoms with van der Waals surface area (Å²) in [6, 6.07) is 13.1. The predicted octanol–water partition coefficient (Wildman–Crippen LogP) is 2.93. The van der Waals surface area contributed by atoms with Crippen LogP contribution < -0.4 is 11.1 Å². The molecule has 0 saturated carbocycles. The SMILES string of the molecule is NC(=O)c1ccccc1-n1cc(CC2=NCCN2)c2c(Cl)cccc21. The number of aromatic nitrogens is 1. The number of hydrogen-bond acceptors (Lipinski definition) is 3. The van der Waals surface area contributed by atoms with Crippen molar-refractivity contribution in [3.8, 4) is 5.69 Å². The van der Waals surface area contributed by atoms with E-state index >= 15 is 0 Å². The first-order valence-corrected chi connectivity index (χ1v) is 8.48. The zero-order valence-corrected chi connectivity index (χ0v) is 14.3. The highest BCUT2D eigenvalue weighted by Crippen LogP contribution is 2.32. The second kappa shape index (κ2) is 6.26. The number of hydrogen-bond donors (Lipinski definition) is 2. The number of aliphatic imine (C=N–C) groups is 1. The van der Waals surface area contributed by atoms with Gasteiger partial charge >= 0.3 is 0 Å². The van der Waals surface area contributed by atoms with E-state index in [9.17, 15) is 4.79 Å². The fourth-order valence-electron chi connectivity index (χ4n) is 3.29. The van der Waals surface area contributed by atoms with Crippen LogP contribution in [0.3, 0.4) is 0 Å². The fraction of sp³-hybridized carbons (Fsp3) is 0.158. The van der Waals surface area contributed by atoms with Gasteiger partial charge in [-0.15, -0.1) is 0 Å². The largest absolute Gasteiger partial charge is 0.372 e. The van der Waals surface area contributed by atoms with Crippen LogP contribution in [-0.2, 0) is 6.42 Å². The van der Waals surface area contributed by atoms with Crippen molar-refractivity contribution in [2.75, 3.05) is 13.1 Å². The fourth-order valence-corrected chi connectivity index (χ4v) is 3.58. The van der Waals surface area contributed by atoms with E-state index < -0.39 is 5.91 Å². The quantitative estimate of drug-likeness (QED) is 0.757. The summed E-state index contributed by atoms with van der Waals surface area (Å²) < 4.78 is 1.98. The number of rotatable bonds is 4. The number of halogens is 1. The summed E-state index contributed by atoms with van der Waals surface area (Å²) in [5.41, 5.74) is 8.78. The average Bonchev–Trinajstić information content (AvgIpc) is 3.24. The number of fused-ring (bicyclic) bond motifs is 1. The number of primary amides is 1. The van der Waals surface area contributed by atoms with E-state index in [-0.39, 0.29) is 0 Å². The Bertz CT molecular complexity index is 1010. The summed E-state index contributed by atoms with van der Waals surface area (Å²) in [6.45, 7) is 1.67. The molecule has 2 aromatic carbocycles. The lowest BCUT2D eigenvalue weighted by atomic mass is 10.1. The van der Waals surface area contributed by atoms with Gasteiger partial charge in [0.2, 0.25) is 0 Å². The molecule has 0 aliphatic carbocycles. The first-order valence-electron chi connectivity index (χ1n) is 8.10. The number of carbonyl (C=O) groups is 1. The predicted molar refractivity (Wildman–Crippen MR) is 101 cm³/mol. The molecule has 1 aliphatic heterocycles. The van der Waals surface area contributed by atoms with Crippen molar-refractivity contribution >= 4 is 34.2 Å². The van der Waals surface area contributed by atoms with Gasteiger partial charge in [0.15, 0.2) is 0 Å². The number of nitrogens with one attached hydrogen (secondary N) is 1. The van der Waals surface area contributed by atoms with Crippen LogP contribution in [0.2, 0.25) is 5.02 Å². The molecule has 0 atom stereocenters. The molecule has 1 aliphatic rings.